The first-order valence-corrected chi connectivity index (χ1v) is 12.2. The maximum absolute atomic E-state index is 12.7. The molecule has 0 spiro atoms. The molecule has 0 aromatic heterocycles. The Bertz CT molecular complexity index is 1110. The third-order valence-corrected chi connectivity index (χ3v) is 5.70. The van der Waals surface area contributed by atoms with Crippen molar-refractivity contribution >= 4 is 58.7 Å². The number of hydrogen-bond acceptors (Lipinski definition) is 7. The first-order chi connectivity index (χ1) is 17.5. The Labute approximate surface area is 228 Å². The van der Waals surface area contributed by atoms with Gasteiger partial charge in [0.2, 0.25) is 0 Å². The van der Waals surface area contributed by atoms with Gasteiger partial charge in [0, 0.05) is 6.54 Å². The van der Waals surface area contributed by atoms with Crippen LogP contribution in [0.2, 0.25) is 0 Å². The maximum Gasteiger partial charge on any atom is 0.437 e. The number of likely N-dealkylation sites (tertiary alicyclic amines) is 1. The summed E-state index contributed by atoms with van der Waals surface area (Å²) in [4.78, 5) is 49.0. The van der Waals surface area contributed by atoms with E-state index in [-0.39, 0.29) is 26.0 Å². The number of halogens is 3. The third-order valence-electron chi connectivity index (χ3n) is 5.47. The molecule has 0 unspecified atom stereocenters. The Morgan fingerprint density at radius 3 is 2.27 bits per heavy atom. The fourth-order valence-electron chi connectivity index (χ4n) is 3.68. The molecule has 2 aromatic rings. The fraction of sp³-hybridized carbons (Fsp3) is 0.333. The monoisotopic (exact) mass is 571 g/mol. The van der Waals surface area contributed by atoms with Gasteiger partial charge < -0.3 is 14.7 Å². The molecule has 37 heavy (non-hydrogen) atoms. The molecule has 1 fully saturated rings. The molecule has 1 saturated heterocycles. The smallest absolute Gasteiger partial charge is 0.437 e. The van der Waals surface area contributed by atoms with Gasteiger partial charge in [0.25, 0.3) is 0 Å². The van der Waals surface area contributed by atoms with Crippen LogP contribution < -0.4 is 0 Å². The zero-order chi connectivity index (χ0) is 27.0. The largest absolute Gasteiger partial charge is 0.465 e. The number of amides is 2. The number of alkyl halides is 3. The van der Waals surface area contributed by atoms with Crippen LogP contribution in [0.4, 0.5) is 9.59 Å². The minimum atomic E-state index is -2.37. The molecule has 0 bridgehead atoms. The molecule has 0 radical (unpaired) electrons. The normalized spacial score (nSPS) is 18.2. The summed E-state index contributed by atoms with van der Waals surface area (Å²) >= 11 is 16.8. The SMILES string of the molecule is C/C(=N/OC(=O)[C@@H]1CC[C@@H](N(OCc2ccccc2)C(=O)OC(Cl)(Cl)Cl)CN1C(=O)O)c1ccccc1. The van der Waals surface area contributed by atoms with Crippen LogP contribution in [0, 0.1) is 0 Å². The molecule has 1 aliphatic rings. The van der Waals surface area contributed by atoms with E-state index in [0.29, 0.717) is 5.71 Å². The van der Waals surface area contributed by atoms with Gasteiger partial charge in [-0.05, 0) is 65.7 Å². The van der Waals surface area contributed by atoms with Crippen LogP contribution in [0.5, 0.6) is 0 Å². The van der Waals surface area contributed by atoms with Crippen LogP contribution in [0.1, 0.15) is 30.9 Å². The van der Waals surface area contributed by atoms with Crippen molar-refractivity contribution in [2.24, 2.45) is 5.16 Å². The van der Waals surface area contributed by atoms with Crippen molar-refractivity contribution < 1.29 is 33.9 Å². The molecule has 0 saturated carbocycles. The lowest BCUT2D eigenvalue weighted by molar-refractivity contribution is -0.184. The number of piperidine rings is 1. The van der Waals surface area contributed by atoms with Gasteiger partial charge in [-0.1, -0.05) is 65.8 Å². The summed E-state index contributed by atoms with van der Waals surface area (Å²) in [6.45, 7) is 1.32. The average molecular weight is 573 g/mol. The van der Waals surface area contributed by atoms with Crippen LogP contribution in [-0.4, -0.2) is 61.5 Å². The minimum Gasteiger partial charge on any atom is -0.465 e. The van der Waals surface area contributed by atoms with E-state index in [1.54, 1.807) is 43.3 Å². The number of hydrogen-bond donors (Lipinski definition) is 1. The van der Waals surface area contributed by atoms with Crippen molar-refractivity contribution in [3.05, 3.63) is 71.8 Å². The van der Waals surface area contributed by atoms with Gasteiger partial charge in [-0.2, -0.15) is 5.06 Å². The lowest BCUT2D eigenvalue weighted by Gasteiger charge is -2.39. The van der Waals surface area contributed by atoms with Crippen molar-refractivity contribution in [3.8, 4) is 0 Å². The van der Waals surface area contributed by atoms with Gasteiger partial charge in [0.05, 0.1) is 11.8 Å². The minimum absolute atomic E-state index is 0.0158. The molecule has 2 amide bonds. The van der Waals surface area contributed by atoms with Crippen LogP contribution in [0.25, 0.3) is 0 Å². The number of oxime groups is 1. The number of carbonyl (C=O) groups is 3. The third kappa shape index (κ3) is 8.50. The zero-order valence-electron chi connectivity index (χ0n) is 19.6. The molecule has 13 heteroatoms. The van der Waals surface area contributed by atoms with Crippen LogP contribution in [0.15, 0.2) is 65.8 Å². The molecule has 1 heterocycles. The molecule has 0 aliphatic carbocycles. The van der Waals surface area contributed by atoms with Gasteiger partial charge in [-0.25, -0.2) is 14.4 Å². The van der Waals surface area contributed by atoms with Crippen LogP contribution in [0.3, 0.4) is 0 Å². The van der Waals surface area contributed by atoms with Gasteiger partial charge in [-0.3, -0.25) is 9.74 Å². The van der Waals surface area contributed by atoms with E-state index in [2.05, 4.69) is 5.16 Å². The molecule has 10 nitrogen and oxygen atoms in total. The summed E-state index contributed by atoms with van der Waals surface area (Å²) in [5.41, 5.74) is 1.92. The van der Waals surface area contributed by atoms with Crippen LogP contribution >= 0.6 is 34.8 Å². The van der Waals surface area contributed by atoms with Crippen molar-refractivity contribution in [3.63, 3.8) is 0 Å². The highest BCUT2D eigenvalue weighted by Crippen LogP contribution is 2.30. The van der Waals surface area contributed by atoms with E-state index in [0.717, 1.165) is 21.1 Å². The fourth-order valence-corrected chi connectivity index (χ4v) is 3.87. The number of carbonyl (C=O) groups excluding carboxylic acids is 2. The number of benzene rings is 2. The Balaban J connectivity index is 1.73. The molecular weight excluding hydrogens is 549 g/mol. The van der Waals surface area contributed by atoms with Crippen LogP contribution in [-0.2, 0) is 25.8 Å². The lowest BCUT2D eigenvalue weighted by Crippen LogP contribution is -2.57. The summed E-state index contributed by atoms with van der Waals surface area (Å²) in [5.74, 6) is -0.850. The van der Waals surface area contributed by atoms with E-state index in [1.165, 1.54) is 0 Å². The predicted molar refractivity (Wildman–Crippen MR) is 136 cm³/mol. The zero-order valence-corrected chi connectivity index (χ0v) is 21.9. The Kier molecular flexibility index (Phi) is 9.99. The standard InChI is InChI=1S/C24H24Cl3N3O7/c1-16(18-10-6-3-7-11-18)28-37-21(31)20-13-12-19(14-29(20)22(32)33)30(23(34)36-24(25,26)27)35-15-17-8-4-2-5-9-17/h2-11,19-20H,12-15H2,1H3,(H,32,33)/b28-16-/t19-,20+/m1/s1. The van der Waals surface area contributed by atoms with Gasteiger partial charge in [0.15, 0.2) is 0 Å². The molecule has 1 N–H and O–H groups in total. The summed E-state index contributed by atoms with van der Waals surface area (Å²) < 4.78 is 2.43. The predicted octanol–water partition coefficient (Wildman–Crippen LogP) is 5.36. The molecule has 3 rings (SSSR count). The van der Waals surface area contributed by atoms with Gasteiger partial charge in [-0.15, -0.1) is 0 Å². The first-order valence-electron chi connectivity index (χ1n) is 11.1. The second kappa shape index (κ2) is 13.0. The second-order valence-corrected chi connectivity index (χ2v) is 10.2. The Morgan fingerprint density at radius 2 is 1.68 bits per heavy atom. The van der Waals surface area contributed by atoms with Crippen molar-refractivity contribution in [2.75, 3.05) is 6.54 Å². The van der Waals surface area contributed by atoms with Crippen molar-refractivity contribution in [1.29, 1.82) is 0 Å². The number of hydroxylamine groups is 2. The summed E-state index contributed by atoms with van der Waals surface area (Å²) in [6.07, 6.45) is -2.35. The molecule has 2 atom stereocenters. The highest BCUT2D eigenvalue weighted by atomic mass is 35.6. The number of nitrogens with zero attached hydrogens (tertiary/aromatic N) is 3. The van der Waals surface area contributed by atoms with E-state index >= 15 is 0 Å². The second-order valence-electron chi connectivity index (χ2n) is 8.03. The number of rotatable bonds is 7. The summed E-state index contributed by atoms with van der Waals surface area (Å²) in [5, 5.41) is 14.5. The Hall–Kier alpha value is -3.05. The lowest BCUT2D eigenvalue weighted by atomic mass is 9.98. The average Bonchev–Trinajstić information content (AvgIpc) is 2.87. The Morgan fingerprint density at radius 1 is 1.05 bits per heavy atom. The molecule has 2 aromatic carbocycles. The summed E-state index contributed by atoms with van der Waals surface area (Å²) in [7, 11) is 0. The maximum atomic E-state index is 12.7. The van der Waals surface area contributed by atoms with Crippen molar-refractivity contribution in [1.82, 2.24) is 9.96 Å². The quantitative estimate of drug-likeness (QED) is 0.205. The van der Waals surface area contributed by atoms with E-state index < -0.39 is 34.2 Å². The molecule has 198 valence electrons. The van der Waals surface area contributed by atoms with Crippen molar-refractivity contribution in [2.45, 2.75) is 42.4 Å². The summed E-state index contributed by atoms with van der Waals surface area (Å²) in [6, 6.07) is 16.0. The highest BCUT2D eigenvalue weighted by Gasteiger charge is 2.42. The number of ether oxygens (including phenoxy) is 1. The molecule has 1 aliphatic heterocycles. The number of carboxylic acid groups (broad SMARTS) is 1. The molecular formula is C24H24Cl3N3O7. The highest BCUT2D eigenvalue weighted by molar-refractivity contribution is 6.66. The first kappa shape index (κ1) is 28.5. The topological polar surface area (TPSA) is 118 Å². The van der Waals surface area contributed by atoms with Gasteiger partial charge in [0.1, 0.15) is 12.6 Å². The van der Waals surface area contributed by atoms with E-state index in [1.807, 2.05) is 24.3 Å². The van der Waals surface area contributed by atoms with E-state index in [9.17, 15) is 19.5 Å². The van der Waals surface area contributed by atoms with E-state index in [4.69, 9.17) is 49.2 Å². The van der Waals surface area contributed by atoms with Gasteiger partial charge >= 0.3 is 22.1 Å².